The Morgan fingerprint density at radius 2 is 2.27 bits per heavy atom. The van der Waals surface area contributed by atoms with E-state index in [-0.39, 0.29) is 0 Å². The summed E-state index contributed by atoms with van der Waals surface area (Å²) in [6.07, 6.45) is 5.68. The number of rotatable bonds is 4. The van der Waals surface area contributed by atoms with Gasteiger partial charge in [0.25, 0.3) is 0 Å². The molecule has 1 aliphatic carbocycles. The maximum Gasteiger partial charge on any atom is 0.0137 e. The first-order valence-corrected chi connectivity index (χ1v) is 4.60. The summed E-state index contributed by atoms with van der Waals surface area (Å²) in [7, 11) is 0. The van der Waals surface area contributed by atoms with Gasteiger partial charge in [0.05, 0.1) is 0 Å². The van der Waals surface area contributed by atoms with Crippen LogP contribution in [0.25, 0.3) is 0 Å². The Kier molecular flexibility index (Phi) is 3.13. The molecule has 64 valence electrons. The van der Waals surface area contributed by atoms with Gasteiger partial charge in [-0.3, -0.25) is 0 Å². The molecule has 0 aromatic rings. The van der Waals surface area contributed by atoms with Crippen LogP contribution >= 0.6 is 0 Å². The van der Waals surface area contributed by atoms with E-state index in [1.165, 1.54) is 6.42 Å². The fourth-order valence-electron chi connectivity index (χ4n) is 1.57. The van der Waals surface area contributed by atoms with Gasteiger partial charge in [-0.05, 0) is 32.1 Å². The lowest BCUT2D eigenvalue weighted by molar-refractivity contribution is 0.501. The summed E-state index contributed by atoms with van der Waals surface area (Å²) in [6, 6.07) is 0.709. The highest BCUT2D eigenvalue weighted by atomic mass is 14.9. The normalized spacial score (nSPS) is 32.6. The number of allylic oxidation sites excluding steroid dienone is 1. The van der Waals surface area contributed by atoms with E-state index >= 15 is 0 Å². The van der Waals surface area contributed by atoms with Gasteiger partial charge in [0, 0.05) is 12.6 Å². The van der Waals surface area contributed by atoms with E-state index in [1.54, 1.807) is 0 Å². The number of nitrogens with one attached hydrogen (secondary N) is 1. The lowest BCUT2D eigenvalue weighted by atomic mass is 10.2. The molecule has 3 unspecified atom stereocenters. The molecular formula is C10H19N. The van der Waals surface area contributed by atoms with Crippen LogP contribution in [0.2, 0.25) is 0 Å². The monoisotopic (exact) mass is 153 g/mol. The average molecular weight is 153 g/mol. The van der Waals surface area contributed by atoms with Crippen molar-refractivity contribution < 1.29 is 0 Å². The molecule has 0 heterocycles. The Balaban J connectivity index is 2.07. The van der Waals surface area contributed by atoms with Gasteiger partial charge >= 0.3 is 0 Å². The highest BCUT2D eigenvalue weighted by Crippen LogP contribution is 2.40. The molecule has 0 aromatic heterocycles. The third-order valence-electron chi connectivity index (χ3n) is 2.61. The molecule has 0 radical (unpaired) electrons. The molecule has 1 N–H and O–H groups in total. The first-order valence-electron chi connectivity index (χ1n) is 4.60. The summed E-state index contributed by atoms with van der Waals surface area (Å²) in [5.74, 6) is 1.91. The summed E-state index contributed by atoms with van der Waals surface area (Å²) in [6.45, 7) is 7.71. The van der Waals surface area contributed by atoms with Crippen LogP contribution in [-0.4, -0.2) is 12.6 Å². The zero-order valence-corrected chi connectivity index (χ0v) is 7.80. The Labute approximate surface area is 69.9 Å². The van der Waals surface area contributed by atoms with Crippen LogP contribution in [0.3, 0.4) is 0 Å². The van der Waals surface area contributed by atoms with Crippen LogP contribution in [0.4, 0.5) is 0 Å². The highest BCUT2D eigenvalue weighted by Gasteiger charge is 2.36. The van der Waals surface area contributed by atoms with Crippen LogP contribution in [0.5, 0.6) is 0 Å². The van der Waals surface area contributed by atoms with Crippen LogP contribution in [0.15, 0.2) is 12.2 Å². The van der Waals surface area contributed by atoms with E-state index in [0.29, 0.717) is 6.04 Å². The third kappa shape index (κ3) is 2.66. The maximum atomic E-state index is 3.49. The molecule has 3 atom stereocenters. The molecule has 0 spiro atoms. The van der Waals surface area contributed by atoms with E-state index in [1.807, 2.05) is 0 Å². The Bertz CT molecular complexity index is 140. The van der Waals surface area contributed by atoms with Crippen LogP contribution in [-0.2, 0) is 0 Å². The summed E-state index contributed by atoms with van der Waals surface area (Å²) >= 11 is 0. The second-order valence-corrected chi connectivity index (χ2v) is 3.64. The third-order valence-corrected chi connectivity index (χ3v) is 2.61. The minimum absolute atomic E-state index is 0.709. The second-order valence-electron chi connectivity index (χ2n) is 3.64. The molecule has 0 bridgehead atoms. The molecule has 1 rings (SSSR count). The molecule has 1 fully saturated rings. The van der Waals surface area contributed by atoms with E-state index in [4.69, 9.17) is 0 Å². The SMILES string of the molecule is C/C=C/CNC(C)C1CC1C. The molecule has 0 saturated heterocycles. The van der Waals surface area contributed by atoms with Gasteiger partial charge in [0.15, 0.2) is 0 Å². The van der Waals surface area contributed by atoms with Gasteiger partial charge in [-0.15, -0.1) is 0 Å². The number of hydrogen-bond donors (Lipinski definition) is 1. The Morgan fingerprint density at radius 3 is 2.73 bits per heavy atom. The van der Waals surface area contributed by atoms with Gasteiger partial charge in [0.2, 0.25) is 0 Å². The van der Waals surface area contributed by atoms with Gasteiger partial charge in [-0.2, -0.15) is 0 Å². The van der Waals surface area contributed by atoms with Crippen molar-refractivity contribution in [1.82, 2.24) is 5.32 Å². The van der Waals surface area contributed by atoms with Crippen LogP contribution in [0.1, 0.15) is 27.2 Å². The predicted molar refractivity (Wildman–Crippen MR) is 49.5 cm³/mol. The van der Waals surface area contributed by atoms with Crippen molar-refractivity contribution in [3.8, 4) is 0 Å². The average Bonchev–Trinajstić information content (AvgIpc) is 2.67. The minimum atomic E-state index is 0.709. The van der Waals surface area contributed by atoms with E-state index < -0.39 is 0 Å². The zero-order chi connectivity index (χ0) is 8.27. The second kappa shape index (κ2) is 3.91. The fourth-order valence-corrected chi connectivity index (χ4v) is 1.57. The van der Waals surface area contributed by atoms with Crippen LogP contribution in [0, 0.1) is 11.8 Å². The molecule has 1 saturated carbocycles. The van der Waals surface area contributed by atoms with E-state index in [0.717, 1.165) is 18.4 Å². The molecule has 11 heavy (non-hydrogen) atoms. The summed E-state index contributed by atoms with van der Waals surface area (Å²) in [5, 5.41) is 3.49. The standard InChI is InChI=1S/C10H19N/c1-4-5-6-11-9(3)10-7-8(10)2/h4-5,8-11H,6-7H2,1-3H3/b5-4+. The quantitative estimate of drug-likeness (QED) is 0.610. The summed E-state index contributed by atoms with van der Waals surface area (Å²) < 4.78 is 0. The fraction of sp³-hybridized carbons (Fsp3) is 0.800. The molecule has 0 amide bonds. The Morgan fingerprint density at radius 1 is 1.64 bits per heavy atom. The predicted octanol–water partition coefficient (Wildman–Crippen LogP) is 2.20. The topological polar surface area (TPSA) is 12.0 Å². The van der Waals surface area contributed by atoms with E-state index in [9.17, 15) is 0 Å². The Hall–Kier alpha value is -0.300. The molecule has 1 heteroatoms. The van der Waals surface area contributed by atoms with Gasteiger partial charge in [-0.25, -0.2) is 0 Å². The van der Waals surface area contributed by atoms with Crippen molar-refractivity contribution in [2.75, 3.05) is 6.54 Å². The van der Waals surface area contributed by atoms with Crippen LogP contribution < -0.4 is 5.32 Å². The van der Waals surface area contributed by atoms with Gasteiger partial charge in [0.1, 0.15) is 0 Å². The maximum absolute atomic E-state index is 3.49. The first kappa shape index (κ1) is 8.79. The molecule has 1 nitrogen and oxygen atoms in total. The highest BCUT2D eigenvalue weighted by molar-refractivity contribution is 4.91. The molecule has 1 aliphatic rings. The lowest BCUT2D eigenvalue weighted by Gasteiger charge is -2.10. The van der Waals surface area contributed by atoms with Crippen molar-refractivity contribution >= 4 is 0 Å². The van der Waals surface area contributed by atoms with Crippen molar-refractivity contribution in [3.05, 3.63) is 12.2 Å². The van der Waals surface area contributed by atoms with Gasteiger partial charge < -0.3 is 5.32 Å². The van der Waals surface area contributed by atoms with Crippen molar-refractivity contribution in [1.29, 1.82) is 0 Å². The smallest absolute Gasteiger partial charge is 0.0137 e. The number of hydrogen-bond acceptors (Lipinski definition) is 1. The largest absolute Gasteiger partial charge is 0.311 e. The van der Waals surface area contributed by atoms with Crippen molar-refractivity contribution in [2.45, 2.75) is 33.2 Å². The minimum Gasteiger partial charge on any atom is -0.311 e. The summed E-state index contributed by atoms with van der Waals surface area (Å²) in [4.78, 5) is 0. The van der Waals surface area contributed by atoms with Crippen molar-refractivity contribution in [2.24, 2.45) is 11.8 Å². The zero-order valence-electron chi connectivity index (χ0n) is 7.80. The van der Waals surface area contributed by atoms with E-state index in [2.05, 4.69) is 38.2 Å². The van der Waals surface area contributed by atoms with Gasteiger partial charge in [-0.1, -0.05) is 19.1 Å². The summed E-state index contributed by atoms with van der Waals surface area (Å²) in [5.41, 5.74) is 0. The molecule has 0 aliphatic heterocycles. The molecular weight excluding hydrogens is 134 g/mol. The first-order chi connectivity index (χ1) is 5.25. The lowest BCUT2D eigenvalue weighted by Crippen LogP contribution is -2.28. The molecule has 0 aromatic carbocycles. The van der Waals surface area contributed by atoms with Crippen molar-refractivity contribution in [3.63, 3.8) is 0 Å².